The van der Waals surface area contributed by atoms with Crippen LogP contribution in [0.25, 0.3) is 6.08 Å². The van der Waals surface area contributed by atoms with Gasteiger partial charge in [-0.2, -0.15) is 0 Å². The van der Waals surface area contributed by atoms with Gasteiger partial charge in [-0.05, 0) is 6.08 Å². The van der Waals surface area contributed by atoms with E-state index in [4.69, 9.17) is 5.11 Å². The molecule has 2 fully saturated rings. The first-order valence-electron chi connectivity index (χ1n) is 4.97. The van der Waals surface area contributed by atoms with Gasteiger partial charge in [0.2, 0.25) is 0 Å². The highest BCUT2D eigenvalue weighted by Crippen LogP contribution is 2.43. The maximum atomic E-state index is 11.8. The number of fused-ring (bicyclic) bond motifs is 1. The van der Waals surface area contributed by atoms with Gasteiger partial charge in [0.05, 0.1) is 5.57 Å². The van der Waals surface area contributed by atoms with E-state index in [-0.39, 0.29) is 11.3 Å². The minimum absolute atomic E-state index is 0.153. The summed E-state index contributed by atoms with van der Waals surface area (Å²) in [4.78, 5) is 24.1. The third-order valence-corrected chi connectivity index (χ3v) is 4.10. The van der Waals surface area contributed by atoms with Gasteiger partial charge in [0.1, 0.15) is 23.4 Å². The predicted octanol–water partition coefficient (Wildman–Crippen LogP) is 0.426. The monoisotopic (exact) mass is 252 g/mol. The molecule has 2 atom stereocenters. The van der Waals surface area contributed by atoms with Gasteiger partial charge in [-0.3, -0.25) is 4.79 Å². The molecule has 7 heteroatoms. The summed E-state index contributed by atoms with van der Waals surface area (Å²) in [6.45, 7) is 0. The van der Waals surface area contributed by atoms with E-state index in [0.717, 1.165) is 0 Å². The molecule has 88 valence electrons. The molecule has 0 spiro atoms. The fraction of sp³-hybridized carbons (Fsp3) is 0.300. The van der Waals surface area contributed by atoms with Crippen LogP contribution in [0.3, 0.4) is 0 Å². The van der Waals surface area contributed by atoms with Crippen LogP contribution in [0, 0.1) is 0 Å². The largest absolute Gasteiger partial charge is 0.480 e. The quantitative estimate of drug-likeness (QED) is 0.607. The summed E-state index contributed by atoms with van der Waals surface area (Å²) < 4.78 is 4.67. The van der Waals surface area contributed by atoms with Crippen molar-refractivity contribution in [2.24, 2.45) is 0 Å². The Morgan fingerprint density at radius 3 is 3.18 bits per heavy atom. The highest BCUT2D eigenvalue weighted by Gasteiger charge is 2.53. The van der Waals surface area contributed by atoms with E-state index in [1.54, 1.807) is 12.1 Å². The molecular formula is C10H8N2O4S. The van der Waals surface area contributed by atoms with E-state index in [9.17, 15) is 9.59 Å². The lowest BCUT2D eigenvalue weighted by Gasteiger charge is -2.38. The number of nitrogens with zero attached hydrogens (tertiary/aromatic N) is 2. The molecular weight excluding hydrogens is 244 g/mol. The lowest BCUT2D eigenvalue weighted by atomic mass is 10.0. The summed E-state index contributed by atoms with van der Waals surface area (Å²) in [5.74, 6) is -0.744. The van der Waals surface area contributed by atoms with Crippen molar-refractivity contribution >= 4 is 29.7 Å². The molecule has 1 unspecified atom stereocenters. The molecule has 0 bridgehead atoms. The van der Waals surface area contributed by atoms with Crippen molar-refractivity contribution in [2.75, 3.05) is 5.75 Å². The molecule has 0 aliphatic carbocycles. The smallest absolute Gasteiger partial charge is 0.327 e. The van der Waals surface area contributed by atoms with Crippen molar-refractivity contribution in [3.63, 3.8) is 0 Å². The molecule has 2 saturated heterocycles. The molecule has 17 heavy (non-hydrogen) atoms. The summed E-state index contributed by atoms with van der Waals surface area (Å²) in [7, 11) is 0. The fourth-order valence-electron chi connectivity index (χ4n) is 1.96. The molecule has 3 heterocycles. The summed E-state index contributed by atoms with van der Waals surface area (Å²) in [5, 5.41) is 12.5. The van der Waals surface area contributed by atoms with E-state index >= 15 is 0 Å². The average molecular weight is 252 g/mol. The highest BCUT2D eigenvalue weighted by molar-refractivity contribution is 8.00. The van der Waals surface area contributed by atoms with Crippen LogP contribution < -0.4 is 0 Å². The van der Waals surface area contributed by atoms with Crippen molar-refractivity contribution in [3.8, 4) is 0 Å². The van der Waals surface area contributed by atoms with Gasteiger partial charge in [0.25, 0.3) is 5.91 Å². The minimum atomic E-state index is -0.950. The second-order valence-corrected chi connectivity index (χ2v) is 4.89. The van der Waals surface area contributed by atoms with Crippen molar-refractivity contribution in [2.45, 2.75) is 11.4 Å². The number of hydrogen-bond acceptors (Lipinski definition) is 5. The van der Waals surface area contributed by atoms with E-state index in [1.807, 2.05) is 0 Å². The van der Waals surface area contributed by atoms with Gasteiger partial charge in [0.15, 0.2) is 0 Å². The Morgan fingerprint density at radius 2 is 2.53 bits per heavy atom. The Labute approximate surface area is 100 Å². The Balaban J connectivity index is 1.85. The number of thioether (sulfide) groups is 1. The highest BCUT2D eigenvalue weighted by atomic mass is 32.2. The molecule has 2 aliphatic rings. The number of hydrogen-bond donors (Lipinski definition) is 1. The van der Waals surface area contributed by atoms with E-state index in [0.29, 0.717) is 17.0 Å². The van der Waals surface area contributed by atoms with Crippen LogP contribution in [0.4, 0.5) is 0 Å². The Kier molecular flexibility index (Phi) is 2.22. The molecule has 1 aromatic heterocycles. The molecule has 0 aromatic carbocycles. The number of carboxylic acids is 1. The summed E-state index contributed by atoms with van der Waals surface area (Å²) >= 11 is 1.46. The molecule has 0 radical (unpaired) electrons. The lowest BCUT2D eigenvalue weighted by Crippen LogP contribution is -2.56. The maximum absolute atomic E-state index is 11.8. The topological polar surface area (TPSA) is 83.6 Å². The number of carbonyl (C=O) groups excluding carboxylic acids is 1. The summed E-state index contributed by atoms with van der Waals surface area (Å²) in [6.07, 6.45) is 3.07. The minimum Gasteiger partial charge on any atom is -0.480 e. The van der Waals surface area contributed by atoms with Crippen LogP contribution in [-0.2, 0) is 9.59 Å². The number of carbonyl (C=O) groups is 2. The number of rotatable bonds is 2. The standard InChI is InChI=1S/C10H8N2O4S/c13-8-6(3-5-1-2-16-11-5)9-12(8)7(4-17-9)10(14)15/h1-3,7,9H,4H2,(H,14,15)/t7?,9-/m1/s1. The SMILES string of the molecule is O=C(O)C1CS[C@@H]2C(=Cc3ccon3)C(=O)N12. The van der Waals surface area contributed by atoms with Crippen molar-refractivity contribution in [1.82, 2.24) is 10.1 Å². The summed E-state index contributed by atoms with van der Waals surface area (Å²) in [5.41, 5.74) is 1.17. The number of aliphatic carboxylic acids is 1. The number of carboxylic acid groups (broad SMARTS) is 1. The van der Waals surface area contributed by atoms with Gasteiger partial charge in [-0.25, -0.2) is 4.79 Å². The van der Waals surface area contributed by atoms with Crippen molar-refractivity contribution in [3.05, 3.63) is 23.6 Å². The first-order chi connectivity index (χ1) is 8.18. The lowest BCUT2D eigenvalue weighted by molar-refractivity contribution is -0.150. The van der Waals surface area contributed by atoms with Gasteiger partial charge < -0.3 is 14.5 Å². The van der Waals surface area contributed by atoms with E-state index < -0.39 is 12.0 Å². The second kappa shape index (κ2) is 3.63. The third-order valence-electron chi connectivity index (χ3n) is 2.79. The third kappa shape index (κ3) is 1.46. The van der Waals surface area contributed by atoms with Gasteiger partial charge in [0, 0.05) is 11.8 Å². The normalized spacial score (nSPS) is 29.3. The number of aromatic nitrogens is 1. The van der Waals surface area contributed by atoms with Crippen molar-refractivity contribution in [1.29, 1.82) is 0 Å². The van der Waals surface area contributed by atoms with Gasteiger partial charge >= 0.3 is 5.97 Å². The van der Waals surface area contributed by atoms with E-state index in [1.165, 1.54) is 22.9 Å². The van der Waals surface area contributed by atoms with Crippen molar-refractivity contribution < 1.29 is 19.2 Å². The zero-order valence-electron chi connectivity index (χ0n) is 8.57. The molecule has 1 amide bonds. The zero-order chi connectivity index (χ0) is 12.0. The Morgan fingerprint density at radius 1 is 1.71 bits per heavy atom. The number of amides is 1. The first kappa shape index (κ1) is 10.4. The average Bonchev–Trinajstić information content (AvgIpc) is 2.93. The maximum Gasteiger partial charge on any atom is 0.327 e. The Bertz CT molecular complexity index is 510. The van der Waals surface area contributed by atoms with Crippen LogP contribution in [0.15, 0.2) is 22.4 Å². The zero-order valence-corrected chi connectivity index (χ0v) is 9.38. The van der Waals surface area contributed by atoms with E-state index in [2.05, 4.69) is 9.68 Å². The van der Waals surface area contributed by atoms with Crippen LogP contribution >= 0.6 is 11.8 Å². The number of β-lactam (4-membered cyclic amide) rings is 1. The predicted molar refractivity (Wildman–Crippen MR) is 59.0 cm³/mol. The fourth-order valence-corrected chi connectivity index (χ4v) is 3.38. The van der Waals surface area contributed by atoms with Crippen LogP contribution in [0.5, 0.6) is 0 Å². The molecule has 1 aromatic rings. The van der Waals surface area contributed by atoms with Crippen LogP contribution in [0.2, 0.25) is 0 Å². The molecule has 0 saturated carbocycles. The Hall–Kier alpha value is -1.76. The molecule has 2 aliphatic heterocycles. The van der Waals surface area contributed by atoms with Gasteiger partial charge in [-0.1, -0.05) is 5.16 Å². The molecule has 1 N–H and O–H groups in total. The van der Waals surface area contributed by atoms with Gasteiger partial charge in [-0.15, -0.1) is 11.8 Å². The first-order valence-corrected chi connectivity index (χ1v) is 6.02. The van der Waals surface area contributed by atoms with Crippen LogP contribution in [-0.4, -0.2) is 44.2 Å². The second-order valence-electron chi connectivity index (χ2n) is 3.78. The van der Waals surface area contributed by atoms with Crippen LogP contribution in [0.1, 0.15) is 5.69 Å². The molecule has 3 rings (SSSR count). The molecule has 6 nitrogen and oxygen atoms in total. The summed E-state index contributed by atoms with van der Waals surface area (Å²) in [6, 6.07) is 0.948.